The Morgan fingerprint density at radius 3 is 2.55 bits per heavy atom. The van der Waals surface area contributed by atoms with Gasteiger partial charge in [0.2, 0.25) is 5.89 Å². The summed E-state index contributed by atoms with van der Waals surface area (Å²) in [6.07, 6.45) is 3.45. The van der Waals surface area contributed by atoms with E-state index in [4.69, 9.17) is 9.26 Å². The monoisotopic (exact) mass is 456 g/mol. The fraction of sp³-hybridized carbons (Fsp3) is 0.640. The van der Waals surface area contributed by atoms with Gasteiger partial charge < -0.3 is 24.2 Å². The van der Waals surface area contributed by atoms with E-state index >= 15 is 0 Å². The smallest absolute Gasteiger partial charge is 0.320 e. The van der Waals surface area contributed by atoms with E-state index in [0.717, 1.165) is 12.8 Å². The number of amides is 2. The molecule has 2 aliphatic rings. The van der Waals surface area contributed by atoms with Crippen LogP contribution < -0.4 is 0 Å². The van der Waals surface area contributed by atoms with Crippen molar-refractivity contribution in [3.63, 3.8) is 0 Å². The highest BCUT2D eigenvalue weighted by Gasteiger charge is 2.36. The summed E-state index contributed by atoms with van der Waals surface area (Å²) in [5, 5.41) is 14.0. The second-order valence-electron chi connectivity index (χ2n) is 9.13. The van der Waals surface area contributed by atoms with Gasteiger partial charge in [-0.15, -0.1) is 0 Å². The molecule has 1 aromatic heterocycles. The topological polar surface area (TPSA) is 91.9 Å². The van der Waals surface area contributed by atoms with Gasteiger partial charge in [-0.25, -0.2) is 4.79 Å². The second kappa shape index (κ2) is 11.1. The van der Waals surface area contributed by atoms with Crippen LogP contribution in [0.4, 0.5) is 4.79 Å². The Hall–Kier alpha value is -2.45. The lowest BCUT2D eigenvalue weighted by molar-refractivity contribution is 0.0744. The summed E-state index contributed by atoms with van der Waals surface area (Å²) >= 11 is 0. The van der Waals surface area contributed by atoms with Gasteiger partial charge in [-0.05, 0) is 43.7 Å². The highest BCUT2D eigenvalue weighted by Crippen LogP contribution is 2.36. The number of aliphatic hydroxyl groups is 1. The lowest BCUT2D eigenvalue weighted by Crippen LogP contribution is -2.51. The minimum absolute atomic E-state index is 0.0118. The number of ether oxygens (including phenoxy) is 1. The molecule has 2 saturated heterocycles. The highest BCUT2D eigenvalue weighted by molar-refractivity contribution is 5.75. The van der Waals surface area contributed by atoms with Crippen molar-refractivity contribution in [3.8, 4) is 0 Å². The van der Waals surface area contributed by atoms with Gasteiger partial charge in [-0.3, -0.25) is 0 Å². The van der Waals surface area contributed by atoms with Crippen molar-refractivity contribution >= 4 is 6.03 Å². The van der Waals surface area contributed by atoms with Crippen molar-refractivity contribution in [2.24, 2.45) is 0 Å². The summed E-state index contributed by atoms with van der Waals surface area (Å²) in [6.45, 7) is 7.78. The van der Waals surface area contributed by atoms with Gasteiger partial charge in [-0.2, -0.15) is 4.98 Å². The first-order valence-corrected chi connectivity index (χ1v) is 12.3. The summed E-state index contributed by atoms with van der Waals surface area (Å²) in [5.74, 6) is 1.44. The normalized spacial score (nSPS) is 22.0. The first-order chi connectivity index (χ1) is 16.1. The summed E-state index contributed by atoms with van der Waals surface area (Å²) in [4.78, 5) is 21.8. The molecule has 0 radical (unpaired) electrons. The Morgan fingerprint density at radius 1 is 1.12 bits per heavy atom. The molecule has 0 bridgehead atoms. The van der Waals surface area contributed by atoms with E-state index in [1.807, 2.05) is 16.7 Å². The van der Waals surface area contributed by atoms with Gasteiger partial charge in [0, 0.05) is 45.1 Å². The summed E-state index contributed by atoms with van der Waals surface area (Å²) < 4.78 is 11.1. The molecule has 1 N–H and O–H groups in total. The number of carbonyl (C=O) groups is 1. The third-order valence-corrected chi connectivity index (χ3v) is 6.82. The number of likely N-dealkylation sites (tertiary alicyclic amines) is 2. The third-order valence-electron chi connectivity index (χ3n) is 6.82. The second-order valence-corrected chi connectivity index (χ2v) is 9.13. The van der Waals surface area contributed by atoms with E-state index < -0.39 is 0 Å². The molecule has 33 heavy (non-hydrogen) atoms. The molecule has 8 heteroatoms. The van der Waals surface area contributed by atoms with Crippen molar-refractivity contribution in [2.45, 2.75) is 63.9 Å². The predicted molar refractivity (Wildman–Crippen MR) is 124 cm³/mol. The lowest BCUT2D eigenvalue weighted by Gasteiger charge is -2.40. The molecule has 3 heterocycles. The molecule has 2 aliphatic heterocycles. The Balaban J connectivity index is 1.52. The van der Waals surface area contributed by atoms with E-state index in [9.17, 15) is 9.90 Å². The summed E-state index contributed by atoms with van der Waals surface area (Å²) in [5.41, 5.74) is 2.54. The average molecular weight is 457 g/mol. The summed E-state index contributed by atoms with van der Waals surface area (Å²) in [7, 11) is 0. The Morgan fingerprint density at radius 2 is 1.85 bits per heavy atom. The fourth-order valence-electron chi connectivity index (χ4n) is 4.80. The van der Waals surface area contributed by atoms with Crippen LogP contribution in [0, 0.1) is 0 Å². The summed E-state index contributed by atoms with van der Waals surface area (Å²) in [6, 6.07) is 8.77. The van der Waals surface area contributed by atoms with Crippen LogP contribution in [-0.4, -0.2) is 76.6 Å². The Labute approximate surface area is 195 Å². The highest BCUT2D eigenvalue weighted by atomic mass is 16.5. The average Bonchev–Trinajstić information content (AvgIpc) is 3.33. The quantitative estimate of drug-likeness (QED) is 0.643. The Bertz CT molecular complexity index is 892. The number of hydrogen-bond donors (Lipinski definition) is 1. The lowest BCUT2D eigenvalue weighted by atomic mass is 9.84. The number of urea groups is 1. The maximum absolute atomic E-state index is 13.4. The molecule has 180 valence electrons. The number of carbonyl (C=O) groups excluding carboxylic acids is 1. The fourth-order valence-corrected chi connectivity index (χ4v) is 4.80. The number of hydrogen-bond acceptors (Lipinski definition) is 6. The van der Waals surface area contributed by atoms with Crippen LogP contribution in [0.1, 0.15) is 67.8 Å². The number of rotatable bonds is 7. The molecule has 0 aliphatic carbocycles. The molecule has 0 unspecified atom stereocenters. The van der Waals surface area contributed by atoms with E-state index in [1.54, 1.807) is 0 Å². The van der Waals surface area contributed by atoms with Gasteiger partial charge in [-0.1, -0.05) is 36.3 Å². The van der Waals surface area contributed by atoms with Crippen molar-refractivity contribution in [1.82, 2.24) is 19.9 Å². The first kappa shape index (κ1) is 23.7. The molecular formula is C25H36N4O4. The molecule has 1 aromatic carbocycles. The van der Waals surface area contributed by atoms with Crippen LogP contribution >= 0.6 is 0 Å². The molecular weight excluding hydrogens is 420 g/mol. The Kier molecular flexibility index (Phi) is 7.98. The van der Waals surface area contributed by atoms with E-state index in [-0.39, 0.29) is 24.0 Å². The maximum atomic E-state index is 13.4. The zero-order valence-electron chi connectivity index (χ0n) is 19.8. The number of aryl methyl sites for hydroxylation is 1. The minimum Gasteiger partial charge on any atom is -0.393 e. The molecule has 4 rings (SSSR count). The number of piperidine rings is 2. The molecule has 8 nitrogen and oxygen atoms in total. The predicted octanol–water partition coefficient (Wildman–Crippen LogP) is 3.36. The SMILES string of the molecule is CCOCCc1noc([C@@H]2C[C@H](c3ccc(CC)cc3)CN(C(=O)N3CCC(O)CC3)C2)n1. The van der Waals surface area contributed by atoms with Crippen molar-refractivity contribution in [3.05, 3.63) is 47.1 Å². The number of aromatic nitrogens is 2. The van der Waals surface area contributed by atoms with Crippen LogP contribution in [-0.2, 0) is 17.6 Å². The molecule has 2 aromatic rings. The van der Waals surface area contributed by atoms with Crippen molar-refractivity contribution in [1.29, 1.82) is 0 Å². The number of benzene rings is 1. The molecule has 2 amide bonds. The van der Waals surface area contributed by atoms with Gasteiger partial charge in [0.25, 0.3) is 0 Å². The van der Waals surface area contributed by atoms with E-state index in [1.165, 1.54) is 11.1 Å². The molecule has 2 atom stereocenters. The maximum Gasteiger partial charge on any atom is 0.320 e. The molecule has 2 fully saturated rings. The molecule has 0 spiro atoms. The van der Waals surface area contributed by atoms with E-state index in [2.05, 4.69) is 41.3 Å². The number of nitrogens with zero attached hydrogens (tertiary/aromatic N) is 4. The standard InChI is InChI=1S/C25H36N4O4/c1-3-18-5-7-19(8-6-18)20-15-21(24-26-23(27-33-24)11-14-32-4-2)17-29(16-20)25(31)28-12-9-22(30)10-13-28/h5-8,20-22,30H,3-4,9-17H2,1-2H3/t20-,21+/m0/s1. The number of aliphatic hydroxyl groups excluding tert-OH is 1. The van der Waals surface area contributed by atoms with Crippen LogP contribution in [0.2, 0.25) is 0 Å². The zero-order chi connectivity index (χ0) is 23.2. The first-order valence-electron chi connectivity index (χ1n) is 12.3. The largest absolute Gasteiger partial charge is 0.393 e. The third kappa shape index (κ3) is 5.92. The van der Waals surface area contributed by atoms with Crippen LogP contribution in [0.3, 0.4) is 0 Å². The van der Waals surface area contributed by atoms with Crippen molar-refractivity contribution < 1.29 is 19.2 Å². The van der Waals surface area contributed by atoms with Gasteiger partial charge >= 0.3 is 6.03 Å². The van der Waals surface area contributed by atoms with Crippen LogP contribution in [0.5, 0.6) is 0 Å². The molecule has 0 saturated carbocycles. The van der Waals surface area contributed by atoms with Gasteiger partial charge in [0.15, 0.2) is 5.82 Å². The van der Waals surface area contributed by atoms with Gasteiger partial charge in [0.1, 0.15) is 0 Å². The zero-order valence-corrected chi connectivity index (χ0v) is 19.8. The van der Waals surface area contributed by atoms with Crippen LogP contribution in [0.25, 0.3) is 0 Å². The van der Waals surface area contributed by atoms with Crippen LogP contribution in [0.15, 0.2) is 28.8 Å². The van der Waals surface area contributed by atoms with E-state index in [0.29, 0.717) is 70.4 Å². The van der Waals surface area contributed by atoms with Gasteiger partial charge in [0.05, 0.1) is 18.6 Å². The minimum atomic E-state index is -0.304. The van der Waals surface area contributed by atoms with Crippen molar-refractivity contribution in [2.75, 3.05) is 39.4 Å².